The van der Waals surface area contributed by atoms with Crippen molar-refractivity contribution < 1.29 is 9.21 Å². The van der Waals surface area contributed by atoms with E-state index in [2.05, 4.69) is 21.7 Å². The molecule has 112 valence electrons. The summed E-state index contributed by atoms with van der Waals surface area (Å²) in [6.07, 6.45) is 2.98. The Kier molecular flexibility index (Phi) is 4.03. The van der Waals surface area contributed by atoms with Gasteiger partial charge in [-0.2, -0.15) is 5.26 Å². The number of rotatable bonds is 4. The third kappa shape index (κ3) is 3.54. The van der Waals surface area contributed by atoms with Crippen molar-refractivity contribution in [3.05, 3.63) is 72.3 Å². The first-order valence-electron chi connectivity index (χ1n) is 6.83. The molecule has 0 aliphatic carbocycles. The largest absolute Gasteiger partial charge is 0.459 e. The van der Waals surface area contributed by atoms with Crippen molar-refractivity contribution in [2.45, 2.75) is 0 Å². The van der Waals surface area contributed by atoms with E-state index < -0.39 is 0 Å². The summed E-state index contributed by atoms with van der Waals surface area (Å²) in [6, 6.07) is 15.9. The zero-order valence-electron chi connectivity index (χ0n) is 12.0. The standard InChI is InChI=1S/C17H12N4O2/c18-10-12-3-1-4-13(9-12)20-16-7-6-14(11-19-16)21-17(22)15-5-2-8-23-15/h1-9,11H,(H,19,20)(H,21,22). The molecule has 0 radical (unpaired) electrons. The quantitative estimate of drug-likeness (QED) is 0.769. The van der Waals surface area contributed by atoms with Crippen LogP contribution in [0.3, 0.4) is 0 Å². The number of hydrogen-bond donors (Lipinski definition) is 2. The maximum absolute atomic E-state index is 11.8. The Morgan fingerprint density at radius 2 is 2.04 bits per heavy atom. The third-order valence-corrected chi connectivity index (χ3v) is 3.03. The number of nitriles is 1. The Bertz CT molecular complexity index is 849. The van der Waals surface area contributed by atoms with Gasteiger partial charge in [0.15, 0.2) is 5.76 Å². The van der Waals surface area contributed by atoms with Crippen LogP contribution in [0, 0.1) is 11.3 Å². The molecule has 0 atom stereocenters. The van der Waals surface area contributed by atoms with E-state index in [0.717, 1.165) is 5.69 Å². The van der Waals surface area contributed by atoms with E-state index in [4.69, 9.17) is 9.68 Å². The maximum Gasteiger partial charge on any atom is 0.291 e. The van der Waals surface area contributed by atoms with Gasteiger partial charge in [0.05, 0.1) is 29.8 Å². The molecule has 1 aromatic carbocycles. The molecule has 3 aromatic rings. The predicted molar refractivity (Wildman–Crippen MR) is 85.3 cm³/mol. The van der Waals surface area contributed by atoms with Crippen LogP contribution in [0.5, 0.6) is 0 Å². The van der Waals surface area contributed by atoms with Gasteiger partial charge in [0.2, 0.25) is 0 Å². The van der Waals surface area contributed by atoms with E-state index in [1.165, 1.54) is 12.5 Å². The summed E-state index contributed by atoms with van der Waals surface area (Å²) >= 11 is 0. The second kappa shape index (κ2) is 6.45. The number of hydrogen-bond acceptors (Lipinski definition) is 5. The summed E-state index contributed by atoms with van der Waals surface area (Å²) < 4.78 is 5.02. The molecule has 0 aliphatic heterocycles. The summed E-state index contributed by atoms with van der Waals surface area (Å²) in [6.45, 7) is 0. The number of pyridine rings is 1. The molecule has 3 rings (SSSR count). The van der Waals surface area contributed by atoms with Crippen LogP contribution in [0.1, 0.15) is 16.1 Å². The van der Waals surface area contributed by atoms with Gasteiger partial charge >= 0.3 is 0 Å². The lowest BCUT2D eigenvalue weighted by Crippen LogP contribution is -2.11. The molecule has 23 heavy (non-hydrogen) atoms. The van der Waals surface area contributed by atoms with Gasteiger partial charge in [-0.15, -0.1) is 0 Å². The van der Waals surface area contributed by atoms with Crippen LogP contribution >= 0.6 is 0 Å². The number of nitrogens with zero attached hydrogens (tertiary/aromatic N) is 2. The second-order valence-electron chi connectivity index (χ2n) is 4.68. The van der Waals surface area contributed by atoms with Crippen molar-refractivity contribution in [1.29, 1.82) is 5.26 Å². The van der Waals surface area contributed by atoms with E-state index in [-0.39, 0.29) is 11.7 Å². The number of amides is 1. The average molecular weight is 304 g/mol. The second-order valence-corrected chi connectivity index (χ2v) is 4.68. The monoisotopic (exact) mass is 304 g/mol. The van der Waals surface area contributed by atoms with E-state index in [0.29, 0.717) is 17.1 Å². The van der Waals surface area contributed by atoms with Crippen LogP contribution in [0.2, 0.25) is 0 Å². The molecular formula is C17H12N4O2. The molecule has 2 aromatic heterocycles. The van der Waals surface area contributed by atoms with Crippen LogP contribution in [-0.2, 0) is 0 Å². The molecule has 0 saturated carbocycles. The number of carbonyl (C=O) groups is 1. The Hall–Kier alpha value is -3.59. The van der Waals surface area contributed by atoms with Crippen molar-refractivity contribution in [2.24, 2.45) is 0 Å². The number of aromatic nitrogens is 1. The van der Waals surface area contributed by atoms with Gasteiger partial charge in [0.25, 0.3) is 5.91 Å². The number of benzene rings is 1. The Labute approximate surface area is 132 Å². The first kappa shape index (κ1) is 14.4. The number of anilines is 3. The molecule has 1 amide bonds. The van der Waals surface area contributed by atoms with Crippen LogP contribution < -0.4 is 10.6 Å². The van der Waals surface area contributed by atoms with E-state index in [1.54, 1.807) is 42.5 Å². The lowest BCUT2D eigenvalue weighted by atomic mass is 10.2. The fourth-order valence-corrected chi connectivity index (χ4v) is 1.96. The molecular weight excluding hydrogens is 292 g/mol. The average Bonchev–Trinajstić information content (AvgIpc) is 3.11. The van der Waals surface area contributed by atoms with Crippen LogP contribution in [-0.4, -0.2) is 10.9 Å². The van der Waals surface area contributed by atoms with Gasteiger partial charge in [-0.05, 0) is 42.5 Å². The lowest BCUT2D eigenvalue weighted by molar-refractivity contribution is 0.0996. The Balaban J connectivity index is 1.67. The van der Waals surface area contributed by atoms with Gasteiger partial charge in [-0.25, -0.2) is 4.98 Å². The van der Waals surface area contributed by atoms with Crippen molar-refractivity contribution in [3.63, 3.8) is 0 Å². The first-order valence-corrected chi connectivity index (χ1v) is 6.83. The summed E-state index contributed by atoms with van der Waals surface area (Å²) in [5.74, 6) is 0.510. The molecule has 0 bridgehead atoms. The normalized spacial score (nSPS) is 9.87. The first-order chi connectivity index (χ1) is 11.2. The summed E-state index contributed by atoms with van der Waals surface area (Å²) in [7, 11) is 0. The molecule has 0 saturated heterocycles. The smallest absolute Gasteiger partial charge is 0.291 e. The Morgan fingerprint density at radius 3 is 2.74 bits per heavy atom. The van der Waals surface area contributed by atoms with Crippen molar-refractivity contribution in [2.75, 3.05) is 10.6 Å². The highest BCUT2D eigenvalue weighted by molar-refractivity contribution is 6.02. The fraction of sp³-hybridized carbons (Fsp3) is 0. The van der Waals surface area contributed by atoms with Crippen LogP contribution in [0.15, 0.2) is 65.4 Å². The highest BCUT2D eigenvalue weighted by atomic mass is 16.3. The van der Waals surface area contributed by atoms with Gasteiger partial charge in [-0.3, -0.25) is 4.79 Å². The number of nitrogens with one attached hydrogen (secondary N) is 2. The SMILES string of the molecule is N#Cc1cccc(Nc2ccc(NC(=O)c3ccco3)cn2)c1. The topological polar surface area (TPSA) is 91.0 Å². The highest BCUT2D eigenvalue weighted by Crippen LogP contribution is 2.17. The number of carbonyl (C=O) groups excluding carboxylic acids is 1. The minimum Gasteiger partial charge on any atom is -0.459 e. The number of furan rings is 1. The van der Waals surface area contributed by atoms with E-state index in [1.807, 2.05) is 6.07 Å². The summed E-state index contributed by atoms with van der Waals surface area (Å²) in [5.41, 5.74) is 1.89. The highest BCUT2D eigenvalue weighted by Gasteiger charge is 2.08. The van der Waals surface area contributed by atoms with Crippen LogP contribution in [0.4, 0.5) is 17.2 Å². The minimum atomic E-state index is -0.334. The minimum absolute atomic E-state index is 0.237. The molecule has 2 N–H and O–H groups in total. The summed E-state index contributed by atoms with van der Waals surface area (Å²) in [5, 5.41) is 14.7. The molecule has 0 aliphatic rings. The van der Waals surface area contributed by atoms with Gasteiger partial charge in [-0.1, -0.05) is 6.07 Å². The van der Waals surface area contributed by atoms with Crippen LogP contribution in [0.25, 0.3) is 0 Å². The van der Waals surface area contributed by atoms with E-state index >= 15 is 0 Å². The summed E-state index contributed by atoms with van der Waals surface area (Å²) in [4.78, 5) is 16.1. The lowest BCUT2D eigenvalue weighted by Gasteiger charge is -2.07. The molecule has 6 heteroatoms. The van der Waals surface area contributed by atoms with Crippen molar-refractivity contribution in [3.8, 4) is 6.07 Å². The Morgan fingerprint density at radius 1 is 1.13 bits per heavy atom. The van der Waals surface area contributed by atoms with Gasteiger partial charge in [0.1, 0.15) is 5.82 Å². The maximum atomic E-state index is 11.8. The molecule has 0 fully saturated rings. The zero-order valence-corrected chi connectivity index (χ0v) is 12.0. The predicted octanol–water partition coefficient (Wildman–Crippen LogP) is 3.54. The van der Waals surface area contributed by atoms with E-state index in [9.17, 15) is 4.79 Å². The van der Waals surface area contributed by atoms with Gasteiger partial charge < -0.3 is 15.1 Å². The van der Waals surface area contributed by atoms with Crippen molar-refractivity contribution >= 4 is 23.1 Å². The molecule has 0 spiro atoms. The molecule has 2 heterocycles. The fourth-order valence-electron chi connectivity index (χ4n) is 1.96. The third-order valence-electron chi connectivity index (χ3n) is 3.03. The van der Waals surface area contributed by atoms with Gasteiger partial charge in [0, 0.05) is 5.69 Å². The van der Waals surface area contributed by atoms with Crippen molar-refractivity contribution in [1.82, 2.24) is 4.98 Å². The zero-order chi connectivity index (χ0) is 16.1. The molecule has 6 nitrogen and oxygen atoms in total. The molecule has 0 unspecified atom stereocenters.